The molecule has 0 bridgehead atoms. The second-order valence-corrected chi connectivity index (χ2v) is 11.6. The number of rotatable bonds is 4. The first-order valence-electron chi connectivity index (χ1n) is 12.5. The van der Waals surface area contributed by atoms with Crippen LogP contribution in [0.25, 0.3) is 0 Å². The topological polar surface area (TPSA) is 50.9 Å². The Hall–Kier alpha value is -3.35. The van der Waals surface area contributed by atoms with Gasteiger partial charge in [-0.3, -0.25) is 10.0 Å². The van der Waals surface area contributed by atoms with Gasteiger partial charge in [0.05, 0.1) is 11.1 Å². The van der Waals surface area contributed by atoms with E-state index in [2.05, 4.69) is 102 Å². The average molecular weight is 486 g/mol. The number of amides is 2. The van der Waals surface area contributed by atoms with Crippen LogP contribution in [0.5, 0.6) is 0 Å². The number of hydrogen-bond donors (Lipinski definition) is 2. The number of carbonyl (C=O) groups excluding carboxylic acids is 1. The van der Waals surface area contributed by atoms with Crippen molar-refractivity contribution in [3.8, 4) is 0 Å². The molecule has 3 aromatic rings. The lowest BCUT2D eigenvalue weighted by atomic mass is 10.1. The Kier molecular flexibility index (Phi) is 6.86. The Bertz CT molecular complexity index is 1120. The molecule has 2 amide bonds. The van der Waals surface area contributed by atoms with Gasteiger partial charge < -0.3 is 4.90 Å². The lowest BCUT2D eigenvalue weighted by molar-refractivity contribution is -0.0414. The largest absolute Gasteiger partial charge is 0.349 e. The van der Waals surface area contributed by atoms with Crippen LogP contribution in [0, 0.1) is 13.8 Å². The maximum absolute atomic E-state index is 13.2. The molecular formula is C30H39N5O. The molecule has 1 aliphatic rings. The van der Waals surface area contributed by atoms with Crippen LogP contribution >= 0.6 is 0 Å². The van der Waals surface area contributed by atoms with Crippen LogP contribution in [0.3, 0.4) is 0 Å². The normalized spacial score (nSPS) is 15.4. The summed E-state index contributed by atoms with van der Waals surface area (Å²) in [6.45, 7) is 16.4. The van der Waals surface area contributed by atoms with Gasteiger partial charge in [0.1, 0.15) is 6.17 Å². The van der Waals surface area contributed by atoms with E-state index in [-0.39, 0.29) is 23.3 Å². The van der Waals surface area contributed by atoms with E-state index in [9.17, 15) is 4.79 Å². The third-order valence-electron chi connectivity index (χ3n) is 6.31. The Balaban J connectivity index is 1.69. The molecule has 1 heterocycles. The zero-order valence-electron chi connectivity index (χ0n) is 22.8. The summed E-state index contributed by atoms with van der Waals surface area (Å²) in [5, 5.41) is 3.44. The van der Waals surface area contributed by atoms with E-state index in [4.69, 9.17) is 0 Å². The van der Waals surface area contributed by atoms with Gasteiger partial charge in [-0.25, -0.2) is 15.6 Å². The van der Waals surface area contributed by atoms with E-state index in [0.717, 1.165) is 22.6 Å². The molecular weight excluding hydrogens is 446 g/mol. The van der Waals surface area contributed by atoms with Gasteiger partial charge in [0, 0.05) is 17.1 Å². The molecule has 3 aromatic carbocycles. The molecule has 0 atom stereocenters. The van der Waals surface area contributed by atoms with E-state index in [0.29, 0.717) is 0 Å². The number of hydrazine groups is 2. The van der Waals surface area contributed by atoms with E-state index >= 15 is 0 Å². The van der Waals surface area contributed by atoms with Crippen LogP contribution in [-0.2, 0) is 0 Å². The molecule has 0 unspecified atom stereocenters. The van der Waals surface area contributed by atoms with Gasteiger partial charge in [0.15, 0.2) is 0 Å². The predicted octanol–water partition coefficient (Wildman–Crippen LogP) is 7.12. The fourth-order valence-corrected chi connectivity index (χ4v) is 4.26. The van der Waals surface area contributed by atoms with Crippen molar-refractivity contribution in [2.24, 2.45) is 0 Å². The van der Waals surface area contributed by atoms with Crippen LogP contribution in [0.15, 0.2) is 72.8 Å². The van der Waals surface area contributed by atoms with Crippen molar-refractivity contribution in [3.05, 3.63) is 89.5 Å². The van der Waals surface area contributed by atoms with Gasteiger partial charge in [-0.1, -0.05) is 47.5 Å². The molecule has 1 aliphatic heterocycles. The number of benzene rings is 3. The highest BCUT2D eigenvalue weighted by atomic mass is 16.2. The standard InChI is InChI=1S/C30H39N5O/c1-21-9-15-24(16-10-21)33(25-17-11-22(2)12-18-25)26-19-13-23(14-20-26)27-31-34(29(3,4)5)28(36)35(32-27)30(6,7)8/h9-20,27,31-32H,1-8H3. The van der Waals surface area contributed by atoms with E-state index in [1.807, 2.05) is 41.5 Å². The number of urea groups is 1. The fraction of sp³-hybridized carbons (Fsp3) is 0.367. The number of hydrogen-bond acceptors (Lipinski definition) is 4. The maximum atomic E-state index is 13.2. The highest BCUT2D eigenvalue weighted by Crippen LogP contribution is 2.35. The van der Waals surface area contributed by atoms with E-state index < -0.39 is 0 Å². The number of nitrogens with zero attached hydrogens (tertiary/aromatic N) is 3. The highest BCUT2D eigenvalue weighted by Gasteiger charge is 2.42. The predicted molar refractivity (Wildman–Crippen MR) is 148 cm³/mol. The zero-order chi connectivity index (χ0) is 26.3. The van der Waals surface area contributed by atoms with Crippen molar-refractivity contribution < 1.29 is 4.79 Å². The molecule has 0 spiro atoms. The second kappa shape index (κ2) is 9.60. The van der Waals surface area contributed by atoms with Gasteiger partial charge in [0.25, 0.3) is 0 Å². The first kappa shape index (κ1) is 25.7. The van der Waals surface area contributed by atoms with Gasteiger partial charge in [0.2, 0.25) is 0 Å². The monoisotopic (exact) mass is 485 g/mol. The maximum Gasteiger partial charge on any atom is 0.349 e. The van der Waals surface area contributed by atoms with Gasteiger partial charge >= 0.3 is 6.03 Å². The second-order valence-electron chi connectivity index (χ2n) is 11.6. The molecule has 0 aliphatic carbocycles. The fourth-order valence-electron chi connectivity index (χ4n) is 4.26. The van der Waals surface area contributed by atoms with E-state index in [1.54, 1.807) is 10.0 Å². The van der Waals surface area contributed by atoms with Gasteiger partial charge in [-0.2, -0.15) is 0 Å². The summed E-state index contributed by atoms with van der Waals surface area (Å²) in [5.74, 6) is 0. The van der Waals surface area contributed by atoms with Crippen molar-refractivity contribution in [2.45, 2.75) is 72.6 Å². The SMILES string of the molecule is Cc1ccc(N(c2ccc(C)cc2)c2ccc(C3NN(C(C)(C)C)C(=O)N(C(C)(C)C)N3)cc2)cc1. The van der Waals surface area contributed by atoms with E-state index in [1.165, 1.54) is 11.1 Å². The molecule has 4 rings (SSSR count). The third-order valence-corrected chi connectivity index (χ3v) is 6.31. The van der Waals surface area contributed by atoms with Crippen molar-refractivity contribution >= 4 is 23.1 Å². The van der Waals surface area contributed by atoms with Crippen molar-refractivity contribution in [2.75, 3.05) is 4.90 Å². The lowest BCUT2D eigenvalue weighted by Gasteiger charge is -2.50. The molecule has 0 radical (unpaired) electrons. The first-order valence-corrected chi connectivity index (χ1v) is 12.5. The Morgan fingerprint density at radius 1 is 0.611 bits per heavy atom. The average Bonchev–Trinajstić information content (AvgIpc) is 2.81. The van der Waals surface area contributed by atoms with Gasteiger partial charge in [-0.15, -0.1) is 0 Å². The summed E-state index contributed by atoms with van der Waals surface area (Å²) in [4.78, 5) is 15.5. The van der Waals surface area contributed by atoms with Crippen molar-refractivity contribution in [1.82, 2.24) is 20.9 Å². The molecule has 6 nitrogen and oxygen atoms in total. The minimum absolute atomic E-state index is 0.0900. The highest BCUT2D eigenvalue weighted by molar-refractivity contribution is 5.77. The molecule has 1 fully saturated rings. The lowest BCUT2D eigenvalue weighted by Crippen LogP contribution is -2.72. The van der Waals surface area contributed by atoms with Crippen molar-refractivity contribution in [3.63, 3.8) is 0 Å². The summed E-state index contributed by atoms with van der Waals surface area (Å²) in [6, 6.07) is 25.6. The van der Waals surface area contributed by atoms with Crippen LogP contribution in [-0.4, -0.2) is 27.1 Å². The number of aryl methyl sites for hydroxylation is 2. The molecule has 2 N–H and O–H groups in total. The molecule has 1 saturated heterocycles. The van der Waals surface area contributed by atoms with Gasteiger partial charge in [-0.05, 0) is 97.4 Å². The number of anilines is 3. The molecule has 6 heteroatoms. The summed E-state index contributed by atoms with van der Waals surface area (Å²) < 4.78 is 0. The van der Waals surface area contributed by atoms with Crippen LogP contribution in [0.2, 0.25) is 0 Å². The third kappa shape index (κ3) is 5.40. The smallest absolute Gasteiger partial charge is 0.311 e. The summed E-state index contributed by atoms with van der Waals surface area (Å²) in [5.41, 5.74) is 12.8. The Morgan fingerprint density at radius 2 is 0.944 bits per heavy atom. The quantitative estimate of drug-likeness (QED) is 0.413. The first-order chi connectivity index (χ1) is 16.8. The summed E-state index contributed by atoms with van der Waals surface area (Å²) in [7, 11) is 0. The van der Waals surface area contributed by atoms with Crippen LogP contribution in [0.1, 0.15) is 64.4 Å². The van der Waals surface area contributed by atoms with Crippen molar-refractivity contribution in [1.29, 1.82) is 0 Å². The summed E-state index contributed by atoms with van der Waals surface area (Å²) in [6.07, 6.45) is -0.248. The number of carbonyl (C=O) groups is 1. The van der Waals surface area contributed by atoms with Crippen LogP contribution < -0.4 is 15.8 Å². The Morgan fingerprint density at radius 3 is 1.28 bits per heavy atom. The van der Waals surface area contributed by atoms with Crippen LogP contribution in [0.4, 0.5) is 21.9 Å². The zero-order valence-corrected chi connectivity index (χ0v) is 22.8. The number of nitrogens with one attached hydrogen (secondary N) is 2. The molecule has 0 aromatic heterocycles. The Labute approximate surface area is 215 Å². The minimum atomic E-state index is -0.380. The molecule has 36 heavy (non-hydrogen) atoms. The minimum Gasteiger partial charge on any atom is -0.311 e. The molecule has 190 valence electrons. The summed E-state index contributed by atoms with van der Waals surface area (Å²) >= 11 is 0. The molecule has 0 saturated carbocycles.